The Hall–Kier alpha value is -2.33. The Labute approximate surface area is 107 Å². The molecule has 0 fully saturated rings. The van der Waals surface area contributed by atoms with E-state index in [4.69, 9.17) is 5.26 Å². The maximum absolute atomic E-state index is 8.93. The van der Waals surface area contributed by atoms with Gasteiger partial charge in [0.2, 0.25) is 0 Å². The van der Waals surface area contributed by atoms with Gasteiger partial charge in [0.05, 0.1) is 11.3 Å². The van der Waals surface area contributed by atoms with Crippen LogP contribution in [0.25, 0.3) is 16.3 Å². The molecule has 0 bridgehead atoms. The van der Waals surface area contributed by atoms with Crippen LogP contribution in [-0.4, -0.2) is 24.2 Å². The van der Waals surface area contributed by atoms with Crippen LogP contribution in [0.3, 0.4) is 0 Å². The Morgan fingerprint density at radius 2 is 2.22 bits per heavy atom. The maximum atomic E-state index is 8.93. The van der Waals surface area contributed by atoms with Crippen molar-refractivity contribution in [1.29, 1.82) is 5.26 Å². The van der Waals surface area contributed by atoms with E-state index >= 15 is 0 Å². The van der Waals surface area contributed by atoms with Crippen LogP contribution in [-0.2, 0) is 6.42 Å². The Morgan fingerprint density at radius 1 is 1.33 bits per heavy atom. The highest BCUT2D eigenvalue weighted by atomic mass is 32.1. The van der Waals surface area contributed by atoms with Crippen molar-refractivity contribution in [2.45, 2.75) is 13.3 Å². The molecule has 6 nitrogen and oxygen atoms in total. The van der Waals surface area contributed by atoms with Gasteiger partial charge in [0.1, 0.15) is 10.9 Å². The highest BCUT2D eigenvalue weighted by molar-refractivity contribution is 7.09. The minimum Gasteiger partial charge on any atom is -0.280 e. The number of nitrogens with zero attached hydrogens (tertiary/aromatic N) is 6. The zero-order valence-corrected chi connectivity index (χ0v) is 10.3. The predicted molar refractivity (Wildman–Crippen MR) is 66.0 cm³/mol. The summed E-state index contributed by atoms with van der Waals surface area (Å²) in [5, 5.41) is 21.2. The number of fused-ring (bicyclic) bond motifs is 1. The molecule has 0 unspecified atom stereocenters. The van der Waals surface area contributed by atoms with Crippen LogP contribution in [0, 0.1) is 11.3 Å². The van der Waals surface area contributed by atoms with E-state index in [1.54, 1.807) is 22.7 Å². The Kier molecular flexibility index (Phi) is 2.50. The van der Waals surface area contributed by atoms with E-state index in [1.807, 2.05) is 6.92 Å². The Bertz CT molecular complexity index is 750. The van der Waals surface area contributed by atoms with E-state index in [0.717, 1.165) is 17.0 Å². The van der Waals surface area contributed by atoms with Crippen LogP contribution < -0.4 is 0 Å². The van der Waals surface area contributed by atoms with Crippen LogP contribution in [0.4, 0.5) is 0 Å². The molecule has 7 heteroatoms. The fourth-order valence-electron chi connectivity index (χ4n) is 1.72. The van der Waals surface area contributed by atoms with Gasteiger partial charge < -0.3 is 0 Å². The lowest BCUT2D eigenvalue weighted by atomic mass is 10.3. The number of hydrogen-bond donors (Lipinski definition) is 0. The van der Waals surface area contributed by atoms with Gasteiger partial charge in [-0.05, 0) is 30.1 Å². The molecule has 0 radical (unpaired) electrons. The highest BCUT2D eigenvalue weighted by Gasteiger charge is 2.15. The first kappa shape index (κ1) is 10.8. The Morgan fingerprint density at radius 3 is 3.00 bits per heavy atom. The summed E-state index contributed by atoms with van der Waals surface area (Å²) in [5.41, 5.74) is 2.18. The quantitative estimate of drug-likeness (QED) is 0.697. The molecule has 0 aliphatic heterocycles. The van der Waals surface area contributed by atoms with Gasteiger partial charge in [-0.2, -0.15) is 5.26 Å². The van der Waals surface area contributed by atoms with Crippen molar-refractivity contribution >= 4 is 17.2 Å². The molecule has 3 aromatic rings. The van der Waals surface area contributed by atoms with Gasteiger partial charge in [0, 0.05) is 6.20 Å². The summed E-state index contributed by atoms with van der Waals surface area (Å²) in [7, 11) is 0. The summed E-state index contributed by atoms with van der Waals surface area (Å²) in [6.07, 6.45) is 2.52. The van der Waals surface area contributed by atoms with Crippen molar-refractivity contribution in [3.63, 3.8) is 0 Å². The van der Waals surface area contributed by atoms with Gasteiger partial charge in [0.15, 0.2) is 11.5 Å². The van der Waals surface area contributed by atoms with Gasteiger partial charge in [-0.15, -0.1) is 15.3 Å². The fraction of sp³-hybridized carbons (Fsp3) is 0.182. The lowest BCUT2D eigenvalue weighted by Crippen LogP contribution is -1.92. The lowest BCUT2D eigenvalue weighted by Gasteiger charge is -1.98. The molecule has 3 heterocycles. The molecule has 18 heavy (non-hydrogen) atoms. The van der Waals surface area contributed by atoms with Crippen LogP contribution in [0.5, 0.6) is 0 Å². The van der Waals surface area contributed by atoms with Gasteiger partial charge in [-0.3, -0.25) is 4.40 Å². The second-order valence-electron chi connectivity index (χ2n) is 3.68. The minimum absolute atomic E-state index is 0.569. The predicted octanol–water partition coefficient (Wildman–Crippen LogP) is 1.68. The third-order valence-corrected chi connectivity index (χ3v) is 3.39. The molecule has 0 aromatic carbocycles. The van der Waals surface area contributed by atoms with Gasteiger partial charge in [0.25, 0.3) is 0 Å². The van der Waals surface area contributed by atoms with Crippen LogP contribution in [0.1, 0.15) is 18.2 Å². The van der Waals surface area contributed by atoms with Crippen molar-refractivity contribution in [3.05, 3.63) is 29.6 Å². The number of nitriles is 1. The van der Waals surface area contributed by atoms with E-state index in [2.05, 4.69) is 25.9 Å². The number of aromatic nitrogens is 5. The average Bonchev–Trinajstić information content (AvgIpc) is 3.03. The molecular formula is C11H8N6S. The summed E-state index contributed by atoms with van der Waals surface area (Å²) >= 11 is 1.29. The maximum Gasteiger partial charge on any atom is 0.182 e. The van der Waals surface area contributed by atoms with E-state index in [1.165, 1.54) is 11.5 Å². The third-order valence-electron chi connectivity index (χ3n) is 2.63. The fourth-order valence-corrected chi connectivity index (χ4v) is 2.45. The van der Waals surface area contributed by atoms with Crippen molar-refractivity contribution in [2.75, 3.05) is 0 Å². The third kappa shape index (κ3) is 1.55. The van der Waals surface area contributed by atoms with E-state index in [-0.39, 0.29) is 0 Å². The second-order valence-corrected chi connectivity index (χ2v) is 4.44. The molecule has 0 N–H and O–H groups in total. The highest BCUT2D eigenvalue weighted by Crippen LogP contribution is 2.25. The molecule has 0 amide bonds. The summed E-state index contributed by atoms with van der Waals surface area (Å²) < 4.78 is 5.74. The lowest BCUT2D eigenvalue weighted by molar-refractivity contribution is 0.984. The first-order valence-electron chi connectivity index (χ1n) is 5.40. The topological polar surface area (TPSA) is 79.8 Å². The molecule has 0 aliphatic carbocycles. The van der Waals surface area contributed by atoms with Gasteiger partial charge >= 0.3 is 0 Å². The van der Waals surface area contributed by atoms with Crippen molar-refractivity contribution < 1.29 is 0 Å². The second kappa shape index (κ2) is 4.16. The van der Waals surface area contributed by atoms with Crippen LogP contribution in [0.15, 0.2) is 18.3 Å². The van der Waals surface area contributed by atoms with E-state index in [9.17, 15) is 0 Å². The van der Waals surface area contributed by atoms with Crippen LogP contribution >= 0.6 is 11.5 Å². The molecule has 0 atom stereocenters. The number of pyridine rings is 1. The van der Waals surface area contributed by atoms with Crippen LogP contribution in [0.2, 0.25) is 0 Å². The molecule has 88 valence electrons. The van der Waals surface area contributed by atoms with Crippen molar-refractivity contribution in [2.24, 2.45) is 0 Å². The van der Waals surface area contributed by atoms with Gasteiger partial charge in [-0.25, -0.2) is 0 Å². The summed E-state index contributed by atoms with van der Waals surface area (Å²) in [6, 6.07) is 5.60. The summed E-state index contributed by atoms with van der Waals surface area (Å²) in [5.74, 6) is 0.689. The molecule has 0 spiro atoms. The first-order valence-corrected chi connectivity index (χ1v) is 6.17. The van der Waals surface area contributed by atoms with E-state index in [0.29, 0.717) is 17.0 Å². The minimum atomic E-state index is 0.569. The molecule has 3 rings (SSSR count). The monoisotopic (exact) mass is 256 g/mol. The SMILES string of the molecule is CCc1nnsc1-c1nnc2ccc(C#N)cn12. The number of hydrogen-bond acceptors (Lipinski definition) is 6. The number of aryl methyl sites for hydroxylation is 1. The van der Waals surface area contributed by atoms with Crippen molar-refractivity contribution in [3.8, 4) is 16.8 Å². The largest absolute Gasteiger partial charge is 0.280 e. The molecule has 0 saturated heterocycles. The molecule has 0 aliphatic rings. The number of rotatable bonds is 2. The molecular weight excluding hydrogens is 248 g/mol. The smallest absolute Gasteiger partial charge is 0.182 e. The first-order chi connectivity index (χ1) is 8.83. The zero-order valence-electron chi connectivity index (χ0n) is 9.53. The Balaban J connectivity index is 2.27. The molecule has 0 saturated carbocycles. The van der Waals surface area contributed by atoms with Gasteiger partial charge in [-0.1, -0.05) is 11.4 Å². The summed E-state index contributed by atoms with van der Waals surface area (Å²) in [4.78, 5) is 0.903. The normalized spacial score (nSPS) is 10.7. The average molecular weight is 256 g/mol. The van der Waals surface area contributed by atoms with Crippen molar-refractivity contribution in [1.82, 2.24) is 24.2 Å². The van der Waals surface area contributed by atoms with E-state index < -0.39 is 0 Å². The standard InChI is InChI=1S/C11H8N6S/c1-2-8-10(18-16-13-8)11-15-14-9-4-3-7(5-12)6-17(9)11/h3-4,6H,2H2,1H3. The summed E-state index contributed by atoms with van der Waals surface area (Å²) in [6.45, 7) is 2.02. The zero-order chi connectivity index (χ0) is 12.5. The molecule has 3 aromatic heterocycles.